The summed E-state index contributed by atoms with van der Waals surface area (Å²) in [6.45, 7) is 0. The number of hydrogen-bond acceptors (Lipinski definition) is 4. The molecule has 2 saturated heterocycles. The van der Waals surface area contributed by atoms with E-state index in [0.717, 1.165) is 22.8 Å². The van der Waals surface area contributed by atoms with Crippen molar-refractivity contribution in [1.82, 2.24) is 4.90 Å². The zero-order valence-corrected chi connectivity index (χ0v) is 15.8. The number of halogens is 1. The first kappa shape index (κ1) is 16.7. The van der Waals surface area contributed by atoms with Gasteiger partial charge >= 0.3 is 0 Å². The standard InChI is InChI=1S/C18H15ClN2O2S2/c1-23-14-8-2-11(3-9-14)17-21-15(10-25-17)16(22)20(18(21)24)13-6-4-12(19)5-7-13/h2-9,15,17H,10H2,1H3/t15-,17+/m1/s1. The van der Waals surface area contributed by atoms with Gasteiger partial charge in [0.15, 0.2) is 5.11 Å². The highest BCUT2D eigenvalue weighted by molar-refractivity contribution is 7.99. The Labute approximate surface area is 160 Å². The van der Waals surface area contributed by atoms with Gasteiger partial charge in [0.25, 0.3) is 5.91 Å². The Morgan fingerprint density at radius 1 is 1.16 bits per heavy atom. The number of carbonyl (C=O) groups excluding carboxylic acids is 1. The Bertz CT molecular complexity index is 826. The quantitative estimate of drug-likeness (QED) is 0.737. The molecule has 25 heavy (non-hydrogen) atoms. The first-order valence-electron chi connectivity index (χ1n) is 7.77. The molecule has 0 aliphatic carbocycles. The summed E-state index contributed by atoms with van der Waals surface area (Å²) >= 11 is 13.3. The number of carbonyl (C=O) groups is 1. The number of rotatable bonds is 3. The van der Waals surface area contributed by atoms with Gasteiger partial charge in [0.1, 0.15) is 17.2 Å². The topological polar surface area (TPSA) is 32.8 Å². The number of fused-ring (bicyclic) bond motifs is 1. The number of amides is 1. The molecule has 2 atom stereocenters. The van der Waals surface area contributed by atoms with Gasteiger partial charge in [-0.05, 0) is 54.2 Å². The van der Waals surface area contributed by atoms with Crippen molar-refractivity contribution in [2.75, 3.05) is 17.8 Å². The van der Waals surface area contributed by atoms with Crippen LogP contribution in [0.25, 0.3) is 0 Å². The molecular formula is C18H15ClN2O2S2. The van der Waals surface area contributed by atoms with Gasteiger partial charge in [0.05, 0.1) is 12.8 Å². The van der Waals surface area contributed by atoms with Crippen LogP contribution in [-0.2, 0) is 4.79 Å². The lowest BCUT2D eigenvalue weighted by Crippen LogP contribution is -2.33. The van der Waals surface area contributed by atoms with Crippen LogP contribution in [0.15, 0.2) is 48.5 Å². The minimum Gasteiger partial charge on any atom is -0.497 e. The molecule has 2 aliphatic rings. The monoisotopic (exact) mass is 390 g/mol. The van der Waals surface area contributed by atoms with Crippen molar-refractivity contribution >= 4 is 52.3 Å². The van der Waals surface area contributed by atoms with E-state index in [1.165, 1.54) is 0 Å². The van der Waals surface area contributed by atoms with Crippen LogP contribution in [0.2, 0.25) is 5.02 Å². The van der Waals surface area contributed by atoms with E-state index in [1.807, 2.05) is 41.3 Å². The van der Waals surface area contributed by atoms with Crippen LogP contribution in [0.4, 0.5) is 5.69 Å². The summed E-state index contributed by atoms with van der Waals surface area (Å²) in [6.07, 6.45) is 0. The summed E-state index contributed by atoms with van der Waals surface area (Å²) in [5.74, 6) is 1.56. The number of methoxy groups -OCH3 is 1. The fourth-order valence-electron chi connectivity index (χ4n) is 3.14. The van der Waals surface area contributed by atoms with Crippen molar-refractivity contribution < 1.29 is 9.53 Å². The smallest absolute Gasteiger partial charge is 0.257 e. The minimum atomic E-state index is -0.222. The third-order valence-electron chi connectivity index (χ3n) is 4.40. The normalized spacial score (nSPS) is 22.5. The lowest BCUT2D eigenvalue weighted by atomic mass is 10.2. The molecule has 1 amide bonds. The van der Waals surface area contributed by atoms with Crippen molar-refractivity contribution in [3.05, 3.63) is 59.1 Å². The molecule has 4 rings (SSSR count). The number of hydrogen-bond donors (Lipinski definition) is 0. The third kappa shape index (κ3) is 2.78. The Kier molecular flexibility index (Phi) is 4.35. The van der Waals surface area contributed by atoms with Crippen molar-refractivity contribution in [2.24, 2.45) is 0 Å². The van der Waals surface area contributed by atoms with Crippen LogP contribution in [0.5, 0.6) is 5.75 Å². The van der Waals surface area contributed by atoms with Gasteiger partial charge in [-0.3, -0.25) is 9.69 Å². The molecule has 2 aliphatic heterocycles. The van der Waals surface area contributed by atoms with Gasteiger partial charge in [-0.25, -0.2) is 0 Å². The molecule has 2 fully saturated rings. The second-order valence-electron chi connectivity index (χ2n) is 5.81. The number of benzene rings is 2. The summed E-state index contributed by atoms with van der Waals surface area (Å²) in [5.41, 5.74) is 1.87. The second kappa shape index (κ2) is 6.52. The van der Waals surface area contributed by atoms with Crippen LogP contribution in [0.3, 0.4) is 0 Å². The van der Waals surface area contributed by atoms with Gasteiger partial charge in [-0.2, -0.15) is 0 Å². The number of nitrogens with zero attached hydrogens (tertiary/aromatic N) is 2. The van der Waals surface area contributed by atoms with Crippen LogP contribution in [0.1, 0.15) is 10.9 Å². The maximum Gasteiger partial charge on any atom is 0.257 e. The summed E-state index contributed by atoms with van der Waals surface area (Å²) < 4.78 is 5.22. The molecule has 0 unspecified atom stereocenters. The van der Waals surface area contributed by atoms with E-state index in [0.29, 0.717) is 10.1 Å². The molecule has 0 radical (unpaired) electrons. The first-order valence-corrected chi connectivity index (χ1v) is 9.61. The van der Waals surface area contributed by atoms with E-state index in [-0.39, 0.29) is 17.3 Å². The summed E-state index contributed by atoms with van der Waals surface area (Å²) in [4.78, 5) is 16.5. The van der Waals surface area contributed by atoms with Crippen molar-refractivity contribution in [3.63, 3.8) is 0 Å². The number of thioether (sulfide) groups is 1. The zero-order valence-electron chi connectivity index (χ0n) is 13.4. The highest BCUT2D eigenvalue weighted by Gasteiger charge is 2.50. The predicted octanol–water partition coefficient (Wildman–Crippen LogP) is 4.10. The number of ether oxygens (including phenoxy) is 1. The van der Waals surface area contributed by atoms with E-state index >= 15 is 0 Å². The molecule has 128 valence electrons. The Morgan fingerprint density at radius 2 is 1.84 bits per heavy atom. The van der Waals surface area contributed by atoms with E-state index in [2.05, 4.69) is 0 Å². The fourth-order valence-corrected chi connectivity index (χ4v) is 5.19. The van der Waals surface area contributed by atoms with Crippen LogP contribution in [-0.4, -0.2) is 34.8 Å². The Hall–Kier alpha value is -1.76. The van der Waals surface area contributed by atoms with Crippen LogP contribution in [0, 0.1) is 0 Å². The Balaban J connectivity index is 1.65. The second-order valence-corrected chi connectivity index (χ2v) is 7.73. The molecule has 0 N–H and O–H groups in total. The van der Waals surface area contributed by atoms with Gasteiger partial charge < -0.3 is 9.64 Å². The molecule has 0 saturated carbocycles. The van der Waals surface area contributed by atoms with Gasteiger partial charge in [-0.1, -0.05) is 23.7 Å². The first-order chi connectivity index (χ1) is 12.1. The van der Waals surface area contributed by atoms with Crippen LogP contribution < -0.4 is 9.64 Å². The molecule has 0 aromatic heterocycles. The lowest BCUT2D eigenvalue weighted by molar-refractivity contribution is -0.119. The number of thiocarbonyl (C=S) groups is 1. The molecule has 0 spiro atoms. The van der Waals surface area contributed by atoms with Gasteiger partial charge in [0.2, 0.25) is 0 Å². The maximum atomic E-state index is 12.9. The molecule has 7 heteroatoms. The van der Waals surface area contributed by atoms with E-state index in [9.17, 15) is 4.79 Å². The zero-order chi connectivity index (χ0) is 17.6. The van der Waals surface area contributed by atoms with Crippen LogP contribution >= 0.6 is 35.6 Å². The third-order valence-corrected chi connectivity index (χ3v) is 6.37. The number of anilines is 1. The lowest BCUT2D eigenvalue weighted by Gasteiger charge is -2.25. The largest absolute Gasteiger partial charge is 0.497 e. The molecule has 2 aromatic carbocycles. The van der Waals surface area contributed by atoms with E-state index in [1.54, 1.807) is 35.9 Å². The highest BCUT2D eigenvalue weighted by atomic mass is 35.5. The average molecular weight is 391 g/mol. The molecular weight excluding hydrogens is 376 g/mol. The molecule has 2 heterocycles. The molecule has 2 aromatic rings. The minimum absolute atomic E-state index is 0.0239. The predicted molar refractivity (Wildman–Crippen MR) is 105 cm³/mol. The average Bonchev–Trinajstić information content (AvgIpc) is 3.17. The summed E-state index contributed by atoms with van der Waals surface area (Å²) in [6, 6.07) is 14.9. The maximum absolute atomic E-state index is 12.9. The van der Waals surface area contributed by atoms with Gasteiger partial charge in [-0.15, -0.1) is 11.8 Å². The Morgan fingerprint density at radius 3 is 2.48 bits per heavy atom. The van der Waals surface area contributed by atoms with Gasteiger partial charge in [0, 0.05) is 10.8 Å². The molecule has 0 bridgehead atoms. The SMILES string of the molecule is COc1ccc([C@@H]2SC[C@@H]3C(=O)N(c4ccc(Cl)cc4)C(=S)N32)cc1. The van der Waals surface area contributed by atoms with Crippen molar-refractivity contribution in [1.29, 1.82) is 0 Å². The summed E-state index contributed by atoms with van der Waals surface area (Å²) in [5, 5.41) is 1.21. The van der Waals surface area contributed by atoms with Crippen molar-refractivity contribution in [3.8, 4) is 5.75 Å². The fraction of sp³-hybridized carbons (Fsp3) is 0.222. The van der Waals surface area contributed by atoms with E-state index < -0.39 is 0 Å². The van der Waals surface area contributed by atoms with E-state index in [4.69, 9.17) is 28.6 Å². The molecule has 4 nitrogen and oxygen atoms in total. The highest BCUT2D eigenvalue weighted by Crippen LogP contribution is 2.46. The van der Waals surface area contributed by atoms with Crippen molar-refractivity contribution in [2.45, 2.75) is 11.4 Å². The summed E-state index contributed by atoms with van der Waals surface area (Å²) in [7, 11) is 1.65.